The van der Waals surface area contributed by atoms with E-state index in [0.717, 1.165) is 27.9 Å². The summed E-state index contributed by atoms with van der Waals surface area (Å²) in [5.74, 6) is -0.507. The van der Waals surface area contributed by atoms with Crippen LogP contribution >= 0.6 is 0 Å². The molecule has 1 aliphatic rings. The minimum absolute atomic E-state index is 0.147. The number of carbonyl (C=O) groups is 1. The van der Waals surface area contributed by atoms with Crippen LogP contribution in [0.4, 0.5) is 11.4 Å². The normalized spacial score (nSPS) is 16.3. The Bertz CT molecular complexity index is 1270. The van der Waals surface area contributed by atoms with Crippen LogP contribution in [0, 0.1) is 20.8 Å². The molecule has 0 bridgehead atoms. The number of carbonyl (C=O) groups excluding carboxylic acids is 1. The van der Waals surface area contributed by atoms with E-state index < -0.39 is 15.8 Å². The number of aryl methyl sites for hydroxylation is 3. The summed E-state index contributed by atoms with van der Waals surface area (Å²) < 4.78 is 28.3. The molecule has 0 aromatic heterocycles. The van der Waals surface area contributed by atoms with Gasteiger partial charge in [-0.2, -0.15) is 0 Å². The summed E-state index contributed by atoms with van der Waals surface area (Å²) in [6, 6.07) is 20.4. The number of para-hydroxylation sites is 1. The van der Waals surface area contributed by atoms with Gasteiger partial charge >= 0.3 is 0 Å². The van der Waals surface area contributed by atoms with Crippen molar-refractivity contribution in [3.8, 4) is 0 Å². The molecular weight excluding hydrogens is 408 g/mol. The third-order valence-corrected chi connectivity index (χ3v) is 7.01. The van der Waals surface area contributed by atoms with Gasteiger partial charge in [-0.25, -0.2) is 8.42 Å². The number of hydrogen-bond donors (Lipinski definition) is 1. The molecule has 1 heterocycles. The van der Waals surface area contributed by atoms with Crippen LogP contribution in [0.1, 0.15) is 32.6 Å². The van der Waals surface area contributed by atoms with Gasteiger partial charge in [0.15, 0.2) is 4.91 Å². The molecule has 6 heteroatoms. The molecule has 0 spiro atoms. The SMILES string of the molecule is Cc1ccc(CN2c3ccccc3C(=O)/C(=C\Nc3cc(C)cc(C)c3)S2(=O)=O)cc1. The van der Waals surface area contributed by atoms with Crippen LogP contribution in [0.25, 0.3) is 0 Å². The molecule has 5 nitrogen and oxygen atoms in total. The van der Waals surface area contributed by atoms with Crippen molar-refractivity contribution in [2.45, 2.75) is 27.3 Å². The van der Waals surface area contributed by atoms with E-state index in [-0.39, 0.29) is 11.4 Å². The average Bonchev–Trinajstić information content (AvgIpc) is 2.71. The third-order valence-electron chi connectivity index (χ3n) is 5.25. The Morgan fingerprint density at radius 2 is 1.52 bits per heavy atom. The first-order valence-electron chi connectivity index (χ1n) is 10.0. The zero-order valence-corrected chi connectivity index (χ0v) is 18.5. The highest BCUT2D eigenvalue weighted by Crippen LogP contribution is 2.36. The Hall–Kier alpha value is -3.38. The van der Waals surface area contributed by atoms with Crippen LogP contribution in [0.2, 0.25) is 0 Å². The Kier molecular flexibility index (Phi) is 5.41. The van der Waals surface area contributed by atoms with Gasteiger partial charge in [0.05, 0.1) is 12.2 Å². The number of ketones is 1. The third kappa shape index (κ3) is 4.11. The van der Waals surface area contributed by atoms with Gasteiger partial charge in [0.25, 0.3) is 10.0 Å². The highest BCUT2D eigenvalue weighted by atomic mass is 32.2. The number of anilines is 2. The van der Waals surface area contributed by atoms with E-state index in [0.29, 0.717) is 11.3 Å². The molecule has 0 saturated heterocycles. The molecule has 3 aromatic rings. The molecule has 0 atom stereocenters. The molecular formula is C25H24N2O3S. The molecule has 3 aromatic carbocycles. The summed E-state index contributed by atoms with van der Waals surface area (Å²) in [6.07, 6.45) is 1.31. The maximum atomic E-state index is 13.5. The molecule has 0 radical (unpaired) electrons. The Labute approximate surface area is 183 Å². The summed E-state index contributed by atoms with van der Waals surface area (Å²) in [6.45, 7) is 6.06. The number of benzene rings is 3. The standard InChI is InChI=1S/C25H24N2O3S/c1-17-8-10-20(11-9-17)16-27-23-7-5-4-6-22(23)25(28)24(31(27,29)30)15-26-21-13-18(2)12-19(3)14-21/h4-15,26H,16H2,1-3H3/b24-15+. The van der Waals surface area contributed by atoms with E-state index in [1.807, 2.05) is 63.2 Å². The fraction of sp³-hybridized carbons (Fsp3) is 0.160. The fourth-order valence-electron chi connectivity index (χ4n) is 3.76. The first-order chi connectivity index (χ1) is 14.8. The number of allylic oxidation sites excluding steroid dienone is 1. The number of nitrogens with zero attached hydrogens (tertiary/aromatic N) is 1. The molecule has 1 N–H and O–H groups in total. The first-order valence-corrected chi connectivity index (χ1v) is 11.5. The van der Waals surface area contributed by atoms with Crippen LogP contribution in [0.15, 0.2) is 77.8 Å². The van der Waals surface area contributed by atoms with E-state index in [1.165, 1.54) is 10.5 Å². The second-order valence-corrected chi connectivity index (χ2v) is 9.70. The van der Waals surface area contributed by atoms with E-state index in [4.69, 9.17) is 0 Å². The summed E-state index contributed by atoms with van der Waals surface area (Å²) in [4.78, 5) is 12.8. The zero-order valence-electron chi connectivity index (χ0n) is 17.7. The summed E-state index contributed by atoms with van der Waals surface area (Å²) in [7, 11) is -4.04. The predicted molar refractivity (Wildman–Crippen MR) is 125 cm³/mol. The Morgan fingerprint density at radius 3 is 2.19 bits per heavy atom. The van der Waals surface area contributed by atoms with Crippen LogP contribution in [0.5, 0.6) is 0 Å². The zero-order chi connectivity index (χ0) is 22.2. The minimum Gasteiger partial charge on any atom is -0.360 e. The fourth-order valence-corrected chi connectivity index (χ4v) is 5.28. The van der Waals surface area contributed by atoms with E-state index >= 15 is 0 Å². The van der Waals surface area contributed by atoms with Gasteiger partial charge in [0, 0.05) is 17.5 Å². The first kappa shape index (κ1) is 20.9. The van der Waals surface area contributed by atoms with Crippen molar-refractivity contribution >= 4 is 27.2 Å². The highest BCUT2D eigenvalue weighted by molar-refractivity contribution is 7.97. The van der Waals surface area contributed by atoms with Crippen LogP contribution in [-0.2, 0) is 16.6 Å². The van der Waals surface area contributed by atoms with Gasteiger partial charge in [0.2, 0.25) is 5.78 Å². The number of Topliss-reactive ketones (excluding diaryl/α,β-unsaturated/α-hetero) is 1. The van der Waals surface area contributed by atoms with E-state index in [9.17, 15) is 13.2 Å². The molecule has 158 valence electrons. The van der Waals surface area contributed by atoms with Crippen molar-refractivity contribution in [1.82, 2.24) is 0 Å². The summed E-state index contributed by atoms with van der Waals surface area (Å²) in [5.41, 5.74) is 5.54. The van der Waals surface area contributed by atoms with Crippen molar-refractivity contribution in [1.29, 1.82) is 0 Å². The molecule has 0 saturated carbocycles. The van der Waals surface area contributed by atoms with Crippen LogP contribution in [-0.4, -0.2) is 14.2 Å². The van der Waals surface area contributed by atoms with Crippen LogP contribution in [0.3, 0.4) is 0 Å². The second kappa shape index (κ2) is 8.04. The van der Waals surface area contributed by atoms with Gasteiger partial charge in [-0.05, 0) is 61.7 Å². The predicted octanol–water partition coefficient (Wildman–Crippen LogP) is 5.10. The number of hydrogen-bond acceptors (Lipinski definition) is 4. The van der Waals surface area contributed by atoms with Crippen molar-refractivity contribution in [2.24, 2.45) is 0 Å². The largest absolute Gasteiger partial charge is 0.360 e. The summed E-state index contributed by atoms with van der Waals surface area (Å²) >= 11 is 0. The maximum absolute atomic E-state index is 13.5. The molecule has 1 aliphatic heterocycles. The monoisotopic (exact) mass is 432 g/mol. The van der Waals surface area contributed by atoms with E-state index in [2.05, 4.69) is 5.32 Å². The molecule has 0 amide bonds. The number of sulfonamides is 1. The molecule has 31 heavy (non-hydrogen) atoms. The van der Waals surface area contributed by atoms with E-state index in [1.54, 1.807) is 24.3 Å². The lowest BCUT2D eigenvalue weighted by Crippen LogP contribution is -2.39. The van der Waals surface area contributed by atoms with Gasteiger partial charge in [-0.15, -0.1) is 0 Å². The molecule has 0 aliphatic carbocycles. The highest BCUT2D eigenvalue weighted by Gasteiger charge is 2.40. The van der Waals surface area contributed by atoms with Gasteiger partial charge < -0.3 is 5.32 Å². The maximum Gasteiger partial charge on any atom is 0.270 e. The quantitative estimate of drug-likeness (QED) is 0.583. The second-order valence-electron chi connectivity index (χ2n) is 7.87. The number of nitrogens with one attached hydrogen (secondary N) is 1. The van der Waals surface area contributed by atoms with Crippen molar-refractivity contribution in [3.05, 3.63) is 106 Å². The number of rotatable bonds is 4. The lowest BCUT2D eigenvalue weighted by molar-refractivity contribution is 0.104. The van der Waals surface area contributed by atoms with Crippen molar-refractivity contribution in [2.75, 3.05) is 9.62 Å². The van der Waals surface area contributed by atoms with Gasteiger partial charge in [0.1, 0.15) is 0 Å². The van der Waals surface area contributed by atoms with Gasteiger partial charge in [-0.1, -0.05) is 48.0 Å². The van der Waals surface area contributed by atoms with Crippen LogP contribution < -0.4 is 9.62 Å². The lowest BCUT2D eigenvalue weighted by atomic mass is 10.1. The molecule has 4 rings (SSSR count). The summed E-state index contributed by atoms with van der Waals surface area (Å²) in [5, 5.41) is 3.02. The lowest BCUT2D eigenvalue weighted by Gasteiger charge is -2.31. The molecule has 0 unspecified atom stereocenters. The Morgan fingerprint density at radius 1 is 0.871 bits per heavy atom. The van der Waals surface area contributed by atoms with Crippen molar-refractivity contribution in [3.63, 3.8) is 0 Å². The topological polar surface area (TPSA) is 66.5 Å². The van der Waals surface area contributed by atoms with Gasteiger partial charge in [-0.3, -0.25) is 9.10 Å². The van der Waals surface area contributed by atoms with Crippen molar-refractivity contribution < 1.29 is 13.2 Å². The number of fused-ring (bicyclic) bond motifs is 1. The smallest absolute Gasteiger partial charge is 0.270 e. The minimum atomic E-state index is -4.04. The average molecular weight is 433 g/mol. The molecule has 0 fully saturated rings. The Balaban J connectivity index is 1.77.